The van der Waals surface area contributed by atoms with E-state index in [1.807, 2.05) is 11.3 Å². The van der Waals surface area contributed by atoms with Gasteiger partial charge in [0.05, 0.1) is 10.4 Å². The molecule has 1 heterocycles. The topological polar surface area (TPSA) is 12.0 Å². The van der Waals surface area contributed by atoms with Crippen LogP contribution in [0.15, 0.2) is 146 Å². The molecule has 0 aliphatic rings. The number of fused-ring (bicyclic) bond motifs is 5. The molecule has 8 aromatic rings. The fourth-order valence-electron chi connectivity index (χ4n) is 5.72. The van der Waals surface area contributed by atoms with E-state index in [2.05, 4.69) is 151 Å². The van der Waals surface area contributed by atoms with Crippen molar-refractivity contribution in [3.8, 4) is 22.3 Å². The first-order valence-corrected chi connectivity index (χ1v) is 14.4. The van der Waals surface area contributed by atoms with Crippen LogP contribution < -0.4 is 5.32 Å². The predicted molar refractivity (Wildman–Crippen MR) is 175 cm³/mol. The van der Waals surface area contributed by atoms with Crippen LogP contribution in [0.25, 0.3) is 64.0 Å². The van der Waals surface area contributed by atoms with E-state index in [9.17, 15) is 0 Å². The van der Waals surface area contributed by atoms with Gasteiger partial charge in [0.15, 0.2) is 0 Å². The molecule has 8 rings (SSSR count). The zero-order valence-corrected chi connectivity index (χ0v) is 22.6. The van der Waals surface area contributed by atoms with Crippen molar-refractivity contribution in [1.29, 1.82) is 0 Å². The Hall–Kier alpha value is -4.92. The van der Waals surface area contributed by atoms with Gasteiger partial charge in [-0.05, 0) is 86.3 Å². The van der Waals surface area contributed by atoms with E-state index in [-0.39, 0.29) is 0 Å². The van der Waals surface area contributed by atoms with E-state index >= 15 is 0 Å². The number of nitrogens with one attached hydrogen (secondary N) is 1. The SMILES string of the molecule is c1ccc2cc(-c3ccc4cc(-c5ccc(Nc6cccc7c6sc6ccccc67)cc5)ccc4c3)ccc2c1. The molecule has 1 N–H and O–H groups in total. The van der Waals surface area contributed by atoms with Crippen LogP contribution in [0.3, 0.4) is 0 Å². The predicted octanol–water partition coefficient (Wildman–Crippen LogP) is 11.4. The molecule has 0 atom stereocenters. The second-order valence-electron chi connectivity index (χ2n) is 10.3. The summed E-state index contributed by atoms with van der Waals surface area (Å²) in [5.41, 5.74) is 7.18. The molecule has 0 aliphatic carbocycles. The maximum atomic E-state index is 3.66. The molecule has 0 amide bonds. The Bertz CT molecular complexity index is 2190. The lowest BCUT2D eigenvalue weighted by Crippen LogP contribution is -1.90. The molecular weight excluding hydrogens is 502 g/mol. The molecule has 0 aliphatic heterocycles. The Morgan fingerprint density at radius 2 is 0.950 bits per heavy atom. The molecule has 0 saturated heterocycles. The van der Waals surface area contributed by atoms with Crippen LogP contribution in [0.4, 0.5) is 11.4 Å². The van der Waals surface area contributed by atoms with Gasteiger partial charge in [0, 0.05) is 21.2 Å². The van der Waals surface area contributed by atoms with Crippen molar-refractivity contribution in [3.05, 3.63) is 146 Å². The van der Waals surface area contributed by atoms with Gasteiger partial charge in [0.1, 0.15) is 0 Å². The first-order valence-electron chi connectivity index (χ1n) is 13.6. The second kappa shape index (κ2) is 9.37. The van der Waals surface area contributed by atoms with E-state index in [1.54, 1.807) is 0 Å². The zero-order chi connectivity index (χ0) is 26.5. The van der Waals surface area contributed by atoms with Crippen LogP contribution in [-0.2, 0) is 0 Å². The van der Waals surface area contributed by atoms with Crippen LogP contribution >= 0.6 is 11.3 Å². The summed E-state index contributed by atoms with van der Waals surface area (Å²) in [7, 11) is 0. The number of benzene rings is 7. The molecule has 0 bridgehead atoms. The van der Waals surface area contributed by atoms with Crippen LogP contribution in [0, 0.1) is 0 Å². The summed E-state index contributed by atoms with van der Waals surface area (Å²) >= 11 is 1.85. The van der Waals surface area contributed by atoms with Crippen LogP contribution in [0.5, 0.6) is 0 Å². The standard InChI is InChI=1S/C38H25NS/c1-2-7-27-22-29(13-12-25(27)6-1)32-17-16-30-23-28(14-15-31(30)24-32)26-18-20-33(21-19-26)39-36-10-5-9-35-34-8-3-4-11-37(34)40-38(35)36/h1-24,39H. The minimum absolute atomic E-state index is 1.09. The third-order valence-corrected chi connectivity index (χ3v) is 9.04. The smallest absolute Gasteiger partial charge is 0.0590 e. The average Bonchev–Trinajstić information content (AvgIpc) is 3.40. The number of anilines is 2. The Morgan fingerprint density at radius 1 is 0.400 bits per heavy atom. The number of hydrogen-bond donors (Lipinski definition) is 1. The van der Waals surface area contributed by atoms with E-state index < -0.39 is 0 Å². The summed E-state index contributed by atoms with van der Waals surface area (Å²) in [6, 6.07) is 52.7. The van der Waals surface area contributed by atoms with Crippen molar-refractivity contribution in [3.63, 3.8) is 0 Å². The molecule has 0 fully saturated rings. The van der Waals surface area contributed by atoms with Crippen LogP contribution in [-0.4, -0.2) is 0 Å². The van der Waals surface area contributed by atoms with Crippen molar-refractivity contribution in [2.75, 3.05) is 5.32 Å². The van der Waals surface area contributed by atoms with Gasteiger partial charge in [-0.25, -0.2) is 0 Å². The van der Waals surface area contributed by atoms with Crippen molar-refractivity contribution >= 4 is 64.4 Å². The monoisotopic (exact) mass is 527 g/mol. The lowest BCUT2D eigenvalue weighted by molar-refractivity contribution is 1.57. The molecule has 1 aromatic heterocycles. The number of thiophene rings is 1. The molecule has 0 spiro atoms. The molecule has 1 nitrogen and oxygen atoms in total. The summed E-state index contributed by atoms with van der Waals surface area (Å²) in [6.45, 7) is 0. The fourth-order valence-corrected chi connectivity index (χ4v) is 6.89. The maximum Gasteiger partial charge on any atom is 0.0590 e. The minimum atomic E-state index is 1.09. The first-order chi connectivity index (χ1) is 19.8. The molecule has 0 unspecified atom stereocenters. The zero-order valence-electron chi connectivity index (χ0n) is 21.8. The van der Waals surface area contributed by atoms with Crippen LogP contribution in [0.2, 0.25) is 0 Å². The van der Waals surface area contributed by atoms with Gasteiger partial charge >= 0.3 is 0 Å². The van der Waals surface area contributed by atoms with Crippen molar-refractivity contribution in [1.82, 2.24) is 0 Å². The Kier molecular flexibility index (Phi) is 5.39. The van der Waals surface area contributed by atoms with Gasteiger partial charge < -0.3 is 5.32 Å². The third kappa shape index (κ3) is 4.02. The van der Waals surface area contributed by atoms with E-state index in [1.165, 1.54) is 64.0 Å². The van der Waals surface area contributed by atoms with Crippen molar-refractivity contribution in [2.24, 2.45) is 0 Å². The highest BCUT2D eigenvalue weighted by Crippen LogP contribution is 2.39. The van der Waals surface area contributed by atoms with Crippen LogP contribution in [0.1, 0.15) is 0 Å². The summed E-state index contributed by atoms with van der Waals surface area (Å²) in [5, 5.41) is 11.3. The van der Waals surface area contributed by atoms with Crippen molar-refractivity contribution in [2.45, 2.75) is 0 Å². The van der Waals surface area contributed by atoms with Gasteiger partial charge in [-0.2, -0.15) is 0 Å². The lowest BCUT2D eigenvalue weighted by atomic mass is 9.96. The van der Waals surface area contributed by atoms with E-state index in [0.717, 1.165) is 11.4 Å². The Morgan fingerprint density at radius 3 is 1.70 bits per heavy atom. The molecule has 40 heavy (non-hydrogen) atoms. The van der Waals surface area contributed by atoms with Gasteiger partial charge in [-0.3, -0.25) is 0 Å². The lowest BCUT2D eigenvalue weighted by Gasteiger charge is -2.10. The fraction of sp³-hybridized carbons (Fsp3) is 0. The molecule has 7 aromatic carbocycles. The molecular formula is C38H25NS. The molecule has 2 heteroatoms. The highest BCUT2D eigenvalue weighted by molar-refractivity contribution is 7.26. The second-order valence-corrected chi connectivity index (χ2v) is 11.4. The normalized spacial score (nSPS) is 11.5. The van der Waals surface area contributed by atoms with Gasteiger partial charge in [0.2, 0.25) is 0 Å². The summed E-state index contributed by atoms with van der Waals surface area (Å²) in [4.78, 5) is 0. The van der Waals surface area contributed by atoms with Gasteiger partial charge in [0.25, 0.3) is 0 Å². The van der Waals surface area contributed by atoms with Gasteiger partial charge in [-0.15, -0.1) is 11.3 Å². The average molecular weight is 528 g/mol. The third-order valence-electron chi connectivity index (χ3n) is 7.82. The molecule has 188 valence electrons. The summed E-state index contributed by atoms with van der Waals surface area (Å²) in [5.74, 6) is 0. The van der Waals surface area contributed by atoms with Crippen molar-refractivity contribution < 1.29 is 0 Å². The first kappa shape index (κ1) is 23.0. The number of rotatable bonds is 4. The largest absolute Gasteiger partial charge is 0.354 e. The molecule has 0 saturated carbocycles. The number of hydrogen-bond acceptors (Lipinski definition) is 2. The minimum Gasteiger partial charge on any atom is -0.354 e. The highest BCUT2D eigenvalue weighted by Gasteiger charge is 2.09. The summed E-state index contributed by atoms with van der Waals surface area (Å²) in [6.07, 6.45) is 0. The molecule has 0 radical (unpaired) electrons. The maximum absolute atomic E-state index is 3.66. The van der Waals surface area contributed by atoms with Gasteiger partial charge in [-0.1, -0.05) is 103 Å². The quantitative estimate of drug-likeness (QED) is 0.240. The summed E-state index contributed by atoms with van der Waals surface area (Å²) < 4.78 is 2.62. The van der Waals surface area contributed by atoms with E-state index in [0.29, 0.717) is 0 Å². The highest BCUT2D eigenvalue weighted by atomic mass is 32.1. The van der Waals surface area contributed by atoms with E-state index in [4.69, 9.17) is 0 Å². The Balaban J connectivity index is 1.07. The Labute approximate surface area is 237 Å².